The van der Waals surface area contributed by atoms with Gasteiger partial charge in [-0.15, -0.1) is 0 Å². The number of aromatic nitrogens is 4. The fraction of sp³-hybridized carbons (Fsp3) is 0.417. The first-order valence-corrected chi connectivity index (χ1v) is 5.88. The monoisotopic (exact) mass is 247 g/mol. The zero-order valence-electron chi connectivity index (χ0n) is 10.6. The van der Waals surface area contributed by atoms with Gasteiger partial charge in [0.1, 0.15) is 0 Å². The molecule has 0 aromatic carbocycles. The van der Waals surface area contributed by atoms with E-state index in [0.29, 0.717) is 19.5 Å². The minimum absolute atomic E-state index is 0.0179. The van der Waals surface area contributed by atoms with Crippen molar-refractivity contribution in [2.75, 3.05) is 0 Å². The highest BCUT2D eigenvalue weighted by atomic mass is 16.1. The van der Waals surface area contributed by atoms with Gasteiger partial charge in [-0.3, -0.25) is 14.2 Å². The van der Waals surface area contributed by atoms with Gasteiger partial charge in [0.05, 0.1) is 18.4 Å². The van der Waals surface area contributed by atoms with Gasteiger partial charge in [0.15, 0.2) is 0 Å². The predicted molar refractivity (Wildman–Crippen MR) is 66.6 cm³/mol. The number of carbonyl (C=O) groups is 1. The molecule has 2 heterocycles. The van der Waals surface area contributed by atoms with Gasteiger partial charge in [-0.05, 0) is 18.6 Å². The minimum Gasteiger partial charge on any atom is -0.350 e. The maximum atomic E-state index is 11.6. The lowest BCUT2D eigenvalue weighted by Crippen LogP contribution is -2.25. The molecule has 0 unspecified atom stereocenters. The van der Waals surface area contributed by atoms with Gasteiger partial charge in [0, 0.05) is 32.4 Å². The molecule has 0 saturated carbocycles. The molecule has 1 N–H and O–H groups in total. The fourth-order valence-electron chi connectivity index (χ4n) is 1.66. The van der Waals surface area contributed by atoms with Crippen LogP contribution in [0.3, 0.4) is 0 Å². The number of hydrogen-bond donors (Lipinski definition) is 1. The second-order valence-electron chi connectivity index (χ2n) is 4.25. The Balaban J connectivity index is 1.74. The molecule has 0 atom stereocenters. The molecule has 6 nitrogen and oxygen atoms in total. The van der Waals surface area contributed by atoms with Crippen LogP contribution in [0.1, 0.15) is 17.7 Å². The predicted octanol–water partition coefficient (Wildman–Crippen LogP) is 0.632. The zero-order valence-corrected chi connectivity index (χ0v) is 10.6. The van der Waals surface area contributed by atoms with Gasteiger partial charge in [-0.25, -0.2) is 0 Å². The molecule has 0 bridgehead atoms. The average molecular weight is 247 g/mol. The van der Waals surface area contributed by atoms with Crippen molar-refractivity contribution in [3.63, 3.8) is 0 Å². The Hall–Kier alpha value is -2.11. The molecule has 1 amide bonds. The third kappa shape index (κ3) is 3.19. The third-order valence-electron chi connectivity index (χ3n) is 2.72. The summed E-state index contributed by atoms with van der Waals surface area (Å²) in [5.41, 5.74) is 2.09. The van der Waals surface area contributed by atoms with Crippen LogP contribution in [0.15, 0.2) is 24.7 Å². The van der Waals surface area contributed by atoms with E-state index >= 15 is 0 Å². The van der Waals surface area contributed by atoms with E-state index in [0.717, 1.165) is 11.3 Å². The zero-order chi connectivity index (χ0) is 13.0. The molecule has 0 spiro atoms. The molecule has 0 aliphatic rings. The lowest BCUT2D eigenvalue weighted by molar-refractivity contribution is -0.121. The molecule has 6 heteroatoms. The van der Waals surface area contributed by atoms with Crippen LogP contribution in [0.5, 0.6) is 0 Å². The highest BCUT2D eigenvalue weighted by molar-refractivity contribution is 5.75. The molecule has 0 radical (unpaired) electrons. The first-order chi connectivity index (χ1) is 8.65. The van der Waals surface area contributed by atoms with E-state index in [9.17, 15) is 4.79 Å². The highest BCUT2D eigenvalue weighted by Gasteiger charge is 2.04. The van der Waals surface area contributed by atoms with Crippen molar-refractivity contribution in [3.8, 4) is 0 Å². The van der Waals surface area contributed by atoms with Gasteiger partial charge in [-0.2, -0.15) is 10.2 Å². The lowest BCUT2D eigenvalue weighted by atomic mass is 10.3. The first kappa shape index (κ1) is 12.3. The van der Waals surface area contributed by atoms with E-state index in [2.05, 4.69) is 15.5 Å². The molecule has 0 aliphatic carbocycles. The van der Waals surface area contributed by atoms with Gasteiger partial charge in [0.25, 0.3) is 0 Å². The smallest absolute Gasteiger partial charge is 0.222 e. The summed E-state index contributed by atoms with van der Waals surface area (Å²) in [6.07, 6.45) is 5.86. The molecule has 2 aromatic rings. The third-order valence-corrected chi connectivity index (χ3v) is 2.72. The van der Waals surface area contributed by atoms with Crippen LogP contribution in [0.25, 0.3) is 0 Å². The molecule has 96 valence electrons. The Kier molecular flexibility index (Phi) is 3.76. The number of carbonyl (C=O) groups excluding carboxylic acids is 1. The second-order valence-corrected chi connectivity index (χ2v) is 4.25. The number of nitrogens with one attached hydrogen (secondary N) is 1. The summed E-state index contributed by atoms with van der Waals surface area (Å²) in [5, 5.41) is 11.0. The summed E-state index contributed by atoms with van der Waals surface area (Å²) < 4.78 is 3.52. The summed E-state index contributed by atoms with van der Waals surface area (Å²) >= 11 is 0. The van der Waals surface area contributed by atoms with Crippen LogP contribution >= 0.6 is 0 Å². The largest absolute Gasteiger partial charge is 0.350 e. The number of nitrogens with zero attached hydrogens (tertiary/aromatic N) is 4. The molecule has 2 aromatic heterocycles. The number of amides is 1. The van der Waals surface area contributed by atoms with E-state index in [4.69, 9.17) is 0 Å². The van der Waals surface area contributed by atoms with Crippen molar-refractivity contribution in [2.45, 2.75) is 26.4 Å². The summed E-state index contributed by atoms with van der Waals surface area (Å²) in [6, 6.07) is 1.89. The van der Waals surface area contributed by atoms with Crippen LogP contribution in [0.4, 0.5) is 0 Å². The van der Waals surface area contributed by atoms with Crippen molar-refractivity contribution in [1.82, 2.24) is 24.9 Å². The Labute approximate surface area is 106 Å². The lowest BCUT2D eigenvalue weighted by Gasteiger charge is -2.05. The quantitative estimate of drug-likeness (QED) is 0.843. The first-order valence-electron chi connectivity index (χ1n) is 5.88. The summed E-state index contributed by atoms with van der Waals surface area (Å²) in [7, 11) is 1.86. The van der Waals surface area contributed by atoms with E-state index in [-0.39, 0.29) is 5.91 Å². The topological polar surface area (TPSA) is 64.7 Å². The van der Waals surface area contributed by atoms with Crippen molar-refractivity contribution in [2.24, 2.45) is 7.05 Å². The molecule has 2 rings (SSSR count). The van der Waals surface area contributed by atoms with Gasteiger partial charge >= 0.3 is 0 Å². The van der Waals surface area contributed by atoms with Crippen LogP contribution in [-0.4, -0.2) is 25.5 Å². The van der Waals surface area contributed by atoms with Crippen molar-refractivity contribution < 1.29 is 4.79 Å². The minimum atomic E-state index is 0.0179. The van der Waals surface area contributed by atoms with Crippen LogP contribution in [-0.2, 0) is 24.9 Å². The van der Waals surface area contributed by atoms with Crippen molar-refractivity contribution in [3.05, 3.63) is 35.9 Å². The van der Waals surface area contributed by atoms with Crippen LogP contribution < -0.4 is 5.32 Å². The van der Waals surface area contributed by atoms with E-state index in [1.807, 2.05) is 26.2 Å². The van der Waals surface area contributed by atoms with E-state index < -0.39 is 0 Å². The van der Waals surface area contributed by atoms with Crippen molar-refractivity contribution >= 4 is 5.91 Å². The fourth-order valence-corrected chi connectivity index (χ4v) is 1.66. The van der Waals surface area contributed by atoms with E-state index in [1.54, 1.807) is 21.8 Å². The van der Waals surface area contributed by atoms with Gasteiger partial charge < -0.3 is 5.32 Å². The molecule has 18 heavy (non-hydrogen) atoms. The second kappa shape index (κ2) is 5.48. The standard InChI is InChI=1S/C12H17N5O/c1-10-7-15-17(9-10)6-4-12(18)13-8-11-3-5-14-16(11)2/h3,5,7,9H,4,6,8H2,1-2H3,(H,13,18). The Morgan fingerprint density at radius 1 is 1.44 bits per heavy atom. The normalized spacial score (nSPS) is 10.6. The Morgan fingerprint density at radius 2 is 2.28 bits per heavy atom. The van der Waals surface area contributed by atoms with E-state index in [1.165, 1.54) is 0 Å². The molecule has 0 fully saturated rings. The van der Waals surface area contributed by atoms with Crippen LogP contribution in [0.2, 0.25) is 0 Å². The number of aryl methyl sites for hydroxylation is 3. The Bertz CT molecular complexity index is 528. The average Bonchev–Trinajstić information content (AvgIpc) is 2.93. The number of rotatable bonds is 5. The van der Waals surface area contributed by atoms with Crippen LogP contribution in [0, 0.1) is 6.92 Å². The summed E-state index contributed by atoms with van der Waals surface area (Å²) in [5.74, 6) is 0.0179. The molecular formula is C12H17N5O. The summed E-state index contributed by atoms with van der Waals surface area (Å²) in [6.45, 7) is 3.09. The SMILES string of the molecule is Cc1cnn(CCC(=O)NCc2ccnn2C)c1. The molecular weight excluding hydrogens is 230 g/mol. The highest BCUT2D eigenvalue weighted by Crippen LogP contribution is 1.98. The maximum absolute atomic E-state index is 11.6. The Morgan fingerprint density at radius 3 is 2.89 bits per heavy atom. The molecule has 0 saturated heterocycles. The van der Waals surface area contributed by atoms with Crippen molar-refractivity contribution in [1.29, 1.82) is 0 Å². The summed E-state index contributed by atoms with van der Waals surface area (Å²) in [4.78, 5) is 11.6. The van der Waals surface area contributed by atoms with Gasteiger partial charge in [0.2, 0.25) is 5.91 Å². The van der Waals surface area contributed by atoms with Gasteiger partial charge in [-0.1, -0.05) is 0 Å². The molecule has 0 aliphatic heterocycles. The maximum Gasteiger partial charge on any atom is 0.222 e. The number of hydrogen-bond acceptors (Lipinski definition) is 3.